The molecule has 0 radical (unpaired) electrons. The van der Waals surface area contributed by atoms with Crippen molar-refractivity contribution >= 4 is 23.3 Å². The maximum atomic E-state index is 13.1. The van der Waals surface area contributed by atoms with Crippen LogP contribution in [0.15, 0.2) is 59.5 Å². The number of nitro groups is 1. The molecule has 10 nitrogen and oxygen atoms in total. The van der Waals surface area contributed by atoms with Crippen molar-refractivity contribution in [3.63, 3.8) is 0 Å². The van der Waals surface area contributed by atoms with E-state index in [0.29, 0.717) is 10.0 Å². The molecule has 0 saturated carbocycles. The number of sulfonamides is 1. The highest BCUT2D eigenvalue weighted by atomic mass is 32.2. The second-order valence-electron chi connectivity index (χ2n) is 6.16. The van der Waals surface area contributed by atoms with Gasteiger partial charge in [-0.2, -0.15) is 0 Å². The Morgan fingerprint density at radius 2 is 1.75 bits per heavy atom. The van der Waals surface area contributed by atoms with Gasteiger partial charge in [0.05, 0.1) is 24.3 Å². The molecule has 0 aliphatic rings. The molecule has 0 aromatic heterocycles. The summed E-state index contributed by atoms with van der Waals surface area (Å²) < 4.78 is 49.2. The first-order valence-electron chi connectivity index (χ1n) is 9.56. The Bertz CT molecular complexity index is 1130. The number of hydroxylamine groups is 1. The molecule has 0 aliphatic carbocycles. The topological polar surface area (TPSA) is 125 Å². The minimum absolute atomic E-state index is 0.0816. The minimum atomic E-state index is -4.47. The first-order valence-corrected chi connectivity index (χ1v) is 12.7. The smallest absolute Gasteiger partial charge is 0.370 e. The van der Waals surface area contributed by atoms with Crippen molar-refractivity contribution in [3.8, 4) is 12.0 Å². The monoisotopic (exact) mass is 482 g/mol. The summed E-state index contributed by atoms with van der Waals surface area (Å²) in [4.78, 5) is 15.4. The number of hydrogen-bond donors (Lipinski definition) is 0. The average molecular weight is 482 g/mol. The van der Waals surface area contributed by atoms with Crippen LogP contribution in [-0.2, 0) is 35.1 Å². The van der Waals surface area contributed by atoms with Crippen LogP contribution >= 0.6 is 7.60 Å². The Morgan fingerprint density at radius 3 is 2.38 bits per heavy atom. The molecule has 2 aromatic rings. The van der Waals surface area contributed by atoms with E-state index in [9.17, 15) is 23.1 Å². The second-order valence-corrected chi connectivity index (χ2v) is 10.3. The molecule has 172 valence electrons. The Kier molecular flexibility index (Phi) is 9.38. The first kappa shape index (κ1) is 25.5. The normalized spacial score (nSPS) is 13.1. The van der Waals surface area contributed by atoms with Crippen LogP contribution in [0.4, 0.5) is 5.69 Å². The van der Waals surface area contributed by atoms with Gasteiger partial charge in [0.2, 0.25) is 0 Å². The van der Waals surface area contributed by atoms with Gasteiger partial charge < -0.3 is 4.52 Å². The van der Waals surface area contributed by atoms with E-state index in [2.05, 4.69) is 12.0 Å². The Hall–Kier alpha value is -2.74. The van der Waals surface area contributed by atoms with Gasteiger partial charge in [0.15, 0.2) is 4.90 Å². The minimum Gasteiger partial charge on any atom is -0.370 e. The summed E-state index contributed by atoms with van der Waals surface area (Å²) in [6.45, 7) is 2.75. The van der Waals surface area contributed by atoms with Gasteiger partial charge in [0.25, 0.3) is 15.7 Å². The van der Waals surface area contributed by atoms with Gasteiger partial charge in [-0.3, -0.25) is 19.5 Å². The highest BCUT2D eigenvalue weighted by Crippen LogP contribution is 2.47. The number of para-hydroxylation sites is 1. The van der Waals surface area contributed by atoms with E-state index in [-0.39, 0.29) is 19.4 Å². The SMILES string of the molecule is CCOP(=O)(CC)OC#CCN(OCc1ccccc1)S(=O)(=O)c1ccccc1[N+](=O)[O-]. The van der Waals surface area contributed by atoms with Crippen LogP contribution < -0.4 is 0 Å². The molecule has 0 aliphatic heterocycles. The molecule has 1 unspecified atom stereocenters. The van der Waals surface area contributed by atoms with E-state index in [0.717, 1.165) is 12.1 Å². The molecular weight excluding hydrogens is 459 g/mol. The zero-order valence-electron chi connectivity index (χ0n) is 17.5. The average Bonchev–Trinajstić information content (AvgIpc) is 2.79. The summed E-state index contributed by atoms with van der Waals surface area (Å²) in [6.07, 6.45) is 2.27. The molecule has 0 saturated heterocycles. The first-order chi connectivity index (χ1) is 15.2. The largest absolute Gasteiger partial charge is 0.387 e. The summed E-state index contributed by atoms with van der Waals surface area (Å²) in [6, 6.07) is 13.7. The van der Waals surface area contributed by atoms with Crippen LogP contribution in [-0.4, -0.2) is 37.1 Å². The van der Waals surface area contributed by atoms with Crippen LogP contribution in [0.5, 0.6) is 0 Å². The molecule has 0 spiro atoms. The van der Waals surface area contributed by atoms with Crippen molar-refractivity contribution < 1.29 is 31.8 Å². The number of hydrogen-bond acceptors (Lipinski definition) is 8. The van der Waals surface area contributed by atoms with Crippen LogP contribution in [0, 0.1) is 22.1 Å². The Morgan fingerprint density at radius 1 is 1.09 bits per heavy atom. The molecule has 32 heavy (non-hydrogen) atoms. The predicted octanol–water partition coefficient (Wildman–Crippen LogP) is 3.94. The van der Waals surface area contributed by atoms with Gasteiger partial charge >= 0.3 is 7.60 Å². The second kappa shape index (κ2) is 11.8. The van der Waals surface area contributed by atoms with Gasteiger partial charge in [0, 0.05) is 6.07 Å². The summed E-state index contributed by atoms with van der Waals surface area (Å²) in [5.41, 5.74) is 0.0724. The third kappa shape index (κ3) is 6.88. The summed E-state index contributed by atoms with van der Waals surface area (Å²) in [5.74, 6) is 2.42. The predicted molar refractivity (Wildman–Crippen MR) is 117 cm³/mol. The van der Waals surface area contributed by atoms with Crippen molar-refractivity contribution in [1.29, 1.82) is 0 Å². The Balaban J connectivity index is 2.31. The van der Waals surface area contributed by atoms with E-state index in [4.69, 9.17) is 13.9 Å². The van der Waals surface area contributed by atoms with Crippen LogP contribution in [0.3, 0.4) is 0 Å². The molecule has 2 rings (SSSR count). The molecule has 0 fully saturated rings. The van der Waals surface area contributed by atoms with Gasteiger partial charge in [0.1, 0.15) is 12.7 Å². The third-order valence-corrected chi connectivity index (χ3v) is 7.47. The van der Waals surface area contributed by atoms with Crippen LogP contribution in [0.1, 0.15) is 19.4 Å². The van der Waals surface area contributed by atoms with Crippen molar-refractivity contribution in [3.05, 3.63) is 70.3 Å². The van der Waals surface area contributed by atoms with E-state index >= 15 is 0 Å². The summed E-state index contributed by atoms with van der Waals surface area (Å²) in [7, 11) is -7.88. The standard InChI is InChI=1S/C20H23N2O8PS/c1-3-29-31(25,4-2)30-16-10-15-21(28-17-18-11-6-5-7-12-18)32(26,27)20-14-9-8-13-19(20)22(23)24/h5-9,11-14H,3-4,15,17H2,1-2H3. The molecule has 0 N–H and O–H groups in total. The third-order valence-electron chi connectivity index (χ3n) is 4.00. The molecule has 0 amide bonds. The fraction of sp³-hybridized carbons (Fsp3) is 0.300. The lowest BCUT2D eigenvalue weighted by Crippen LogP contribution is -2.32. The molecule has 12 heteroatoms. The lowest BCUT2D eigenvalue weighted by Gasteiger charge is -2.19. The van der Waals surface area contributed by atoms with Gasteiger partial charge in [-0.25, -0.2) is 13.0 Å². The number of nitro benzene ring substituents is 1. The quantitative estimate of drug-likeness (QED) is 0.204. The molecule has 2 aromatic carbocycles. The number of rotatable bonds is 11. The Labute approximate surface area is 186 Å². The van der Waals surface area contributed by atoms with Crippen molar-refractivity contribution in [1.82, 2.24) is 4.47 Å². The van der Waals surface area contributed by atoms with E-state index in [1.807, 2.05) is 0 Å². The lowest BCUT2D eigenvalue weighted by molar-refractivity contribution is -0.387. The van der Waals surface area contributed by atoms with E-state index in [1.54, 1.807) is 44.2 Å². The van der Waals surface area contributed by atoms with Crippen molar-refractivity contribution in [2.45, 2.75) is 25.3 Å². The highest BCUT2D eigenvalue weighted by Gasteiger charge is 2.32. The molecule has 1 atom stereocenters. The maximum absolute atomic E-state index is 13.1. The summed E-state index contributed by atoms with van der Waals surface area (Å²) in [5, 5.41) is 11.3. The number of benzene rings is 2. The summed E-state index contributed by atoms with van der Waals surface area (Å²) >= 11 is 0. The van der Waals surface area contributed by atoms with Gasteiger partial charge in [-0.15, -0.1) is 0 Å². The van der Waals surface area contributed by atoms with Gasteiger partial charge in [-0.05, 0) is 24.5 Å². The maximum Gasteiger partial charge on any atom is 0.387 e. The molecular formula is C20H23N2O8PS. The highest BCUT2D eigenvalue weighted by molar-refractivity contribution is 7.89. The zero-order chi connectivity index (χ0) is 23.6. The fourth-order valence-electron chi connectivity index (χ4n) is 2.43. The fourth-order valence-corrected chi connectivity index (χ4v) is 4.70. The van der Waals surface area contributed by atoms with E-state index in [1.165, 1.54) is 12.1 Å². The molecule has 0 bridgehead atoms. The van der Waals surface area contributed by atoms with Crippen molar-refractivity contribution in [2.75, 3.05) is 19.3 Å². The zero-order valence-corrected chi connectivity index (χ0v) is 19.3. The van der Waals surface area contributed by atoms with Crippen molar-refractivity contribution in [2.24, 2.45) is 0 Å². The van der Waals surface area contributed by atoms with E-state index < -0.39 is 39.7 Å². The lowest BCUT2D eigenvalue weighted by atomic mass is 10.2. The van der Waals surface area contributed by atoms with Crippen LogP contribution in [0.2, 0.25) is 0 Å². The van der Waals surface area contributed by atoms with Gasteiger partial charge in [-0.1, -0.05) is 53.9 Å². The number of nitrogens with zero attached hydrogens (tertiary/aromatic N) is 2. The molecule has 0 heterocycles. The van der Waals surface area contributed by atoms with Crippen LogP contribution in [0.25, 0.3) is 0 Å².